The predicted octanol–water partition coefficient (Wildman–Crippen LogP) is 1.31. The Bertz CT molecular complexity index is 188. The van der Waals surface area contributed by atoms with Gasteiger partial charge in [0.05, 0.1) is 18.6 Å². The molecule has 0 fully saturated rings. The van der Waals surface area contributed by atoms with Crippen LogP contribution in [0.2, 0.25) is 0 Å². The van der Waals surface area contributed by atoms with E-state index in [-0.39, 0.29) is 12.5 Å². The average Bonchev–Trinajstić information content (AvgIpc) is 2.08. The third-order valence-electron chi connectivity index (χ3n) is 1.36. The van der Waals surface area contributed by atoms with Gasteiger partial charge in [0, 0.05) is 13.1 Å². The van der Waals surface area contributed by atoms with Gasteiger partial charge in [0.2, 0.25) is 0 Å². The number of ether oxygens (including phenoxy) is 1. The molecule has 0 aliphatic carbocycles. The first-order chi connectivity index (χ1) is 6.45. The number of nitrogens with one attached hydrogen (secondary N) is 1. The lowest BCUT2D eigenvalue weighted by Crippen LogP contribution is -2.26. The van der Waals surface area contributed by atoms with Gasteiger partial charge in [-0.15, -0.1) is 0 Å². The first-order valence-electron chi connectivity index (χ1n) is 4.20. The van der Waals surface area contributed by atoms with Crippen LogP contribution in [-0.2, 0) is 4.74 Å². The highest BCUT2D eigenvalue weighted by Crippen LogP contribution is 2.13. The second kappa shape index (κ2) is 6.62. The normalized spacial score (nSPS) is 13.6. The van der Waals surface area contributed by atoms with Crippen molar-refractivity contribution in [1.29, 1.82) is 5.26 Å². The highest BCUT2D eigenvalue weighted by atomic mass is 19.4. The Morgan fingerprint density at radius 1 is 1.50 bits per heavy atom. The zero-order chi connectivity index (χ0) is 11.0. The van der Waals surface area contributed by atoms with Crippen LogP contribution in [0.25, 0.3) is 0 Å². The van der Waals surface area contributed by atoms with Crippen LogP contribution in [0.4, 0.5) is 13.2 Å². The van der Waals surface area contributed by atoms with Gasteiger partial charge in [-0.25, -0.2) is 0 Å². The van der Waals surface area contributed by atoms with Gasteiger partial charge in [-0.2, -0.15) is 18.4 Å². The van der Waals surface area contributed by atoms with Crippen LogP contribution in [0.1, 0.15) is 6.92 Å². The smallest absolute Gasteiger partial charge is 0.371 e. The second-order valence-electron chi connectivity index (χ2n) is 2.90. The number of hydrogen-bond acceptors (Lipinski definition) is 3. The summed E-state index contributed by atoms with van der Waals surface area (Å²) < 4.78 is 39.0. The molecule has 14 heavy (non-hydrogen) atoms. The first kappa shape index (κ1) is 13.2. The van der Waals surface area contributed by atoms with Crippen molar-refractivity contribution < 1.29 is 17.9 Å². The molecule has 0 aliphatic rings. The maximum Gasteiger partial charge on any atom is 0.411 e. The SMILES string of the molecule is CC(C#N)CNCCOCC(F)(F)F. The van der Waals surface area contributed by atoms with Crippen LogP contribution in [0.15, 0.2) is 0 Å². The van der Waals surface area contributed by atoms with E-state index in [9.17, 15) is 13.2 Å². The Morgan fingerprint density at radius 2 is 2.14 bits per heavy atom. The summed E-state index contributed by atoms with van der Waals surface area (Å²) in [5.74, 6) is -0.141. The molecule has 0 heterocycles. The number of nitriles is 1. The van der Waals surface area contributed by atoms with Crippen LogP contribution in [0.5, 0.6) is 0 Å². The molecule has 0 aromatic carbocycles. The summed E-state index contributed by atoms with van der Waals surface area (Å²) in [7, 11) is 0. The fourth-order valence-corrected chi connectivity index (χ4v) is 0.696. The molecule has 0 amide bonds. The van der Waals surface area contributed by atoms with Gasteiger partial charge in [-0.3, -0.25) is 0 Å². The predicted molar refractivity (Wildman–Crippen MR) is 44.5 cm³/mol. The zero-order valence-electron chi connectivity index (χ0n) is 7.90. The van der Waals surface area contributed by atoms with Crippen molar-refractivity contribution in [3.63, 3.8) is 0 Å². The fourth-order valence-electron chi connectivity index (χ4n) is 0.696. The topological polar surface area (TPSA) is 45.0 Å². The summed E-state index contributed by atoms with van der Waals surface area (Å²) in [5, 5.41) is 11.2. The van der Waals surface area contributed by atoms with E-state index in [1.165, 1.54) is 0 Å². The molecule has 0 bridgehead atoms. The average molecular weight is 210 g/mol. The van der Waals surface area contributed by atoms with Gasteiger partial charge in [-0.05, 0) is 6.92 Å². The van der Waals surface area contributed by atoms with Crippen LogP contribution < -0.4 is 5.32 Å². The molecule has 1 N–H and O–H groups in total. The Labute approximate surface area is 80.8 Å². The van der Waals surface area contributed by atoms with E-state index in [2.05, 4.69) is 10.1 Å². The van der Waals surface area contributed by atoms with Crippen LogP contribution in [0, 0.1) is 17.2 Å². The quantitative estimate of drug-likeness (QED) is 0.672. The van der Waals surface area contributed by atoms with E-state index in [0.29, 0.717) is 13.1 Å². The van der Waals surface area contributed by atoms with E-state index in [0.717, 1.165) is 0 Å². The van der Waals surface area contributed by atoms with E-state index in [4.69, 9.17) is 5.26 Å². The summed E-state index contributed by atoms with van der Waals surface area (Å²) in [4.78, 5) is 0. The molecule has 82 valence electrons. The summed E-state index contributed by atoms with van der Waals surface area (Å²) in [6, 6.07) is 2.00. The Hall–Kier alpha value is -0.800. The van der Waals surface area contributed by atoms with Gasteiger partial charge in [0.1, 0.15) is 6.61 Å². The maximum atomic E-state index is 11.6. The molecule has 6 heteroatoms. The monoisotopic (exact) mass is 210 g/mol. The molecule has 0 spiro atoms. The third-order valence-corrected chi connectivity index (χ3v) is 1.36. The lowest BCUT2D eigenvalue weighted by Gasteiger charge is -2.08. The summed E-state index contributed by atoms with van der Waals surface area (Å²) in [5.41, 5.74) is 0. The standard InChI is InChI=1S/C8H13F3N2O/c1-7(4-12)5-13-2-3-14-6-8(9,10)11/h7,13H,2-3,5-6H2,1H3. The summed E-state index contributed by atoms with van der Waals surface area (Å²) in [6.07, 6.45) is -4.26. The van der Waals surface area contributed by atoms with E-state index in [1.807, 2.05) is 6.07 Å². The minimum Gasteiger partial charge on any atom is -0.371 e. The number of alkyl halides is 3. The van der Waals surface area contributed by atoms with E-state index < -0.39 is 12.8 Å². The molecule has 1 unspecified atom stereocenters. The van der Waals surface area contributed by atoms with Crippen molar-refractivity contribution >= 4 is 0 Å². The van der Waals surface area contributed by atoms with E-state index in [1.54, 1.807) is 6.92 Å². The number of nitrogens with zero attached hydrogens (tertiary/aromatic N) is 1. The van der Waals surface area contributed by atoms with Gasteiger partial charge >= 0.3 is 6.18 Å². The molecule has 0 rings (SSSR count). The van der Waals surface area contributed by atoms with Crippen LogP contribution in [-0.4, -0.2) is 32.5 Å². The van der Waals surface area contributed by atoms with Crippen molar-refractivity contribution in [2.75, 3.05) is 26.3 Å². The van der Waals surface area contributed by atoms with Gasteiger partial charge in [-0.1, -0.05) is 0 Å². The lowest BCUT2D eigenvalue weighted by molar-refractivity contribution is -0.173. The largest absolute Gasteiger partial charge is 0.411 e. The second-order valence-corrected chi connectivity index (χ2v) is 2.90. The Kier molecular flexibility index (Phi) is 6.25. The molecule has 1 atom stereocenters. The van der Waals surface area contributed by atoms with Gasteiger partial charge in [0.25, 0.3) is 0 Å². The van der Waals surface area contributed by atoms with Crippen molar-refractivity contribution in [3.8, 4) is 6.07 Å². The molecule has 3 nitrogen and oxygen atoms in total. The number of rotatable bonds is 6. The van der Waals surface area contributed by atoms with Gasteiger partial charge < -0.3 is 10.1 Å². The summed E-state index contributed by atoms with van der Waals surface area (Å²) in [6.45, 7) is 1.29. The molecule has 0 saturated heterocycles. The third kappa shape index (κ3) is 9.29. The number of hydrogen-bond donors (Lipinski definition) is 1. The van der Waals surface area contributed by atoms with Crippen molar-refractivity contribution in [1.82, 2.24) is 5.32 Å². The molecular formula is C8H13F3N2O. The van der Waals surface area contributed by atoms with Crippen LogP contribution >= 0.6 is 0 Å². The Morgan fingerprint density at radius 3 is 2.64 bits per heavy atom. The lowest BCUT2D eigenvalue weighted by atomic mass is 10.2. The summed E-state index contributed by atoms with van der Waals surface area (Å²) >= 11 is 0. The first-order valence-corrected chi connectivity index (χ1v) is 4.20. The minimum absolute atomic E-state index is 0.00232. The molecule has 0 aromatic heterocycles. The van der Waals surface area contributed by atoms with Crippen molar-refractivity contribution in [2.24, 2.45) is 5.92 Å². The Balaban J connectivity index is 3.20. The number of halogens is 3. The van der Waals surface area contributed by atoms with Gasteiger partial charge in [0.15, 0.2) is 0 Å². The molecular weight excluding hydrogens is 197 g/mol. The highest BCUT2D eigenvalue weighted by Gasteiger charge is 2.27. The fraction of sp³-hybridized carbons (Fsp3) is 0.875. The van der Waals surface area contributed by atoms with Crippen molar-refractivity contribution in [2.45, 2.75) is 13.1 Å². The zero-order valence-corrected chi connectivity index (χ0v) is 7.90. The van der Waals surface area contributed by atoms with E-state index >= 15 is 0 Å². The molecule has 0 aliphatic heterocycles. The van der Waals surface area contributed by atoms with Crippen LogP contribution in [0.3, 0.4) is 0 Å². The molecule has 0 radical (unpaired) electrons. The minimum atomic E-state index is -4.26. The molecule has 0 saturated carbocycles. The molecule has 0 aromatic rings. The maximum absolute atomic E-state index is 11.6. The highest BCUT2D eigenvalue weighted by molar-refractivity contribution is 4.79. The van der Waals surface area contributed by atoms with Crippen molar-refractivity contribution in [3.05, 3.63) is 0 Å².